The van der Waals surface area contributed by atoms with Crippen LogP contribution in [0, 0.1) is 18.3 Å². The van der Waals surface area contributed by atoms with Crippen LogP contribution in [0.4, 0.5) is 0 Å². The lowest BCUT2D eigenvalue weighted by atomic mass is 9.86. The Balaban J connectivity index is 0.000000248. The highest BCUT2D eigenvalue weighted by Crippen LogP contribution is 2.45. The van der Waals surface area contributed by atoms with Crippen molar-refractivity contribution in [1.29, 1.82) is 0 Å². The average Bonchev–Trinajstić information content (AvgIpc) is 3.27. The molecule has 0 spiro atoms. The summed E-state index contributed by atoms with van der Waals surface area (Å²) >= 11 is 1.85. The van der Waals surface area contributed by atoms with Gasteiger partial charge in [0.25, 0.3) is 0 Å². The lowest BCUT2D eigenvalue weighted by Crippen LogP contribution is -2.52. The van der Waals surface area contributed by atoms with E-state index >= 15 is 0 Å². The summed E-state index contributed by atoms with van der Waals surface area (Å²) in [7, 11) is 1.73. The molecule has 2 aliphatic heterocycles. The van der Waals surface area contributed by atoms with Crippen molar-refractivity contribution in [2.24, 2.45) is 5.41 Å². The average molecular weight is 487 g/mol. The number of aryl methyl sites for hydroxylation is 1. The van der Waals surface area contributed by atoms with Gasteiger partial charge in [0, 0.05) is 6.04 Å². The molecule has 0 saturated carbocycles. The van der Waals surface area contributed by atoms with E-state index in [9.17, 15) is 14.4 Å². The van der Waals surface area contributed by atoms with Crippen molar-refractivity contribution in [3.63, 3.8) is 0 Å². The SMILES string of the molecule is C#C.CNCC(=O)N[C@H]1CCSC2CC(C)(C)C(C)N2C1=O.O=CNC1CCc2ccccc21. The normalized spacial score (nSPS) is 26.4. The standard InChI is InChI=1S/C14H25N3O2S.C10H11NO.C2H2/c1-9-14(2,3)7-12-17(9)13(19)10(5-6-20-12)16-11(18)8-15-4;12-7-11-10-6-5-8-3-1-2-4-9(8)10;1-2/h9-10,12,15H,5-8H2,1-4H3,(H,16,18);1-4,7,10H,5-6H2,(H,11,12);1-2H/t9?,10-,12?;;/m0../s1. The zero-order chi connectivity index (χ0) is 25.3. The first-order chi connectivity index (χ1) is 16.3. The van der Waals surface area contributed by atoms with Gasteiger partial charge in [0.1, 0.15) is 6.04 Å². The summed E-state index contributed by atoms with van der Waals surface area (Å²) in [5, 5.41) is 8.76. The number of thioether (sulfide) groups is 1. The highest BCUT2D eigenvalue weighted by molar-refractivity contribution is 7.99. The van der Waals surface area contributed by atoms with Gasteiger partial charge in [-0.15, -0.1) is 24.6 Å². The molecule has 1 aromatic carbocycles. The highest BCUT2D eigenvalue weighted by Gasteiger charge is 2.49. The van der Waals surface area contributed by atoms with E-state index in [1.807, 2.05) is 28.8 Å². The van der Waals surface area contributed by atoms with Gasteiger partial charge in [-0.1, -0.05) is 38.1 Å². The summed E-state index contributed by atoms with van der Waals surface area (Å²) in [6.07, 6.45) is 12.7. The number of carbonyl (C=O) groups is 3. The Kier molecular flexibility index (Phi) is 10.5. The minimum Gasteiger partial charge on any atom is -0.352 e. The quantitative estimate of drug-likeness (QED) is 0.439. The van der Waals surface area contributed by atoms with Crippen molar-refractivity contribution in [3.8, 4) is 12.8 Å². The van der Waals surface area contributed by atoms with Gasteiger partial charge in [0.05, 0.1) is 18.0 Å². The Hall–Kier alpha value is -2.50. The number of benzene rings is 1. The first-order valence-corrected chi connectivity index (χ1v) is 12.8. The Labute approximate surface area is 208 Å². The maximum absolute atomic E-state index is 12.7. The molecule has 0 aromatic heterocycles. The molecule has 4 rings (SSSR count). The monoisotopic (exact) mass is 486 g/mol. The third kappa shape index (κ3) is 6.55. The fourth-order valence-corrected chi connectivity index (χ4v) is 6.43. The van der Waals surface area contributed by atoms with Gasteiger partial charge < -0.3 is 20.9 Å². The minimum atomic E-state index is -0.371. The molecule has 7 nitrogen and oxygen atoms in total. The van der Waals surface area contributed by atoms with Gasteiger partial charge in [0.15, 0.2) is 0 Å². The Morgan fingerprint density at radius 3 is 2.62 bits per heavy atom. The van der Waals surface area contributed by atoms with Crippen LogP contribution >= 0.6 is 11.8 Å². The van der Waals surface area contributed by atoms with Crippen molar-refractivity contribution in [2.75, 3.05) is 19.3 Å². The molecule has 2 fully saturated rings. The molecule has 2 saturated heterocycles. The molecular formula is C26H38N4O3S. The number of nitrogens with zero attached hydrogens (tertiary/aromatic N) is 1. The summed E-state index contributed by atoms with van der Waals surface area (Å²) in [6, 6.07) is 8.37. The van der Waals surface area contributed by atoms with E-state index in [0.717, 1.165) is 37.8 Å². The summed E-state index contributed by atoms with van der Waals surface area (Å²) < 4.78 is 0. The summed E-state index contributed by atoms with van der Waals surface area (Å²) in [5.74, 6) is 0.892. The molecule has 8 heteroatoms. The van der Waals surface area contributed by atoms with E-state index in [0.29, 0.717) is 0 Å². The molecule has 34 heavy (non-hydrogen) atoms. The second-order valence-electron chi connectivity index (χ2n) is 9.45. The summed E-state index contributed by atoms with van der Waals surface area (Å²) in [6.45, 7) is 6.81. The fraction of sp³-hybridized carbons (Fsp3) is 0.577. The largest absolute Gasteiger partial charge is 0.352 e. The van der Waals surface area contributed by atoms with E-state index in [-0.39, 0.29) is 47.3 Å². The lowest BCUT2D eigenvalue weighted by molar-refractivity contribution is -0.137. The molecule has 2 heterocycles. The lowest BCUT2D eigenvalue weighted by Gasteiger charge is -2.32. The third-order valence-electron chi connectivity index (χ3n) is 6.90. The highest BCUT2D eigenvalue weighted by atomic mass is 32.2. The van der Waals surface area contributed by atoms with Gasteiger partial charge in [-0.3, -0.25) is 14.4 Å². The summed E-state index contributed by atoms with van der Waals surface area (Å²) in [5.41, 5.74) is 2.80. The van der Waals surface area contributed by atoms with Crippen molar-refractivity contribution < 1.29 is 14.4 Å². The number of terminal acetylenes is 1. The van der Waals surface area contributed by atoms with Crippen LogP contribution in [0.5, 0.6) is 0 Å². The fourth-order valence-electron chi connectivity index (χ4n) is 4.79. The molecule has 3 aliphatic rings. The topological polar surface area (TPSA) is 90.5 Å². The molecule has 186 valence electrons. The summed E-state index contributed by atoms with van der Waals surface area (Å²) in [4.78, 5) is 36.7. The van der Waals surface area contributed by atoms with E-state index in [4.69, 9.17) is 0 Å². The van der Waals surface area contributed by atoms with Crippen LogP contribution in [0.25, 0.3) is 0 Å². The molecule has 4 atom stereocenters. The van der Waals surface area contributed by atoms with Crippen LogP contribution in [0.3, 0.4) is 0 Å². The second kappa shape index (κ2) is 12.8. The predicted octanol–water partition coefficient (Wildman–Crippen LogP) is 2.47. The van der Waals surface area contributed by atoms with Gasteiger partial charge >= 0.3 is 0 Å². The number of nitrogens with one attached hydrogen (secondary N) is 3. The van der Waals surface area contributed by atoms with E-state index in [2.05, 4.69) is 61.7 Å². The van der Waals surface area contributed by atoms with E-state index in [1.165, 1.54) is 11.1 Å². The molecule has 3 unspecified atom stereocenters. The first kappa shape index (κ1) is 27.7. The first-order valence-electron chi connectivity index (χ1n) is 11.8. The molecular weight excluding hydrogens is 448 g/mol. The van der Waals surface area contributed by atoms with Crippen molar-refractivity contribution >= 4 is 30.0 Å². The third-order valence-corrected chi connectivity index (χ3v) is 8.15. The molecule has 1 aliphatic carbocycles. The van der Waals surface area contributed by atoms with Crippen LogP contribution in [-0.2, 0) is 20.8 Å². The number of amides is 3. The van der Waals surface area contributed by atoms with Crippen molar-refractivity contribution in [3.05, 3.63) is 35.4 Å². The van der Waals surface area contributed by atoms with Crippen LogP contribution < -0.4 is 16.0 Å². The van der Waals surface area contributed by atoms with Crippen LogP contribution in [0.2, 0.25) is 0 Å². The van der Waals surface area contributed by atoms with Crippen LogP contribution in [0.1, 0.15) is 57.2 Å². The molecule has 0 bridgehead atoms. The van der Waals surface area contributed by atoms with E-state index in [1.54, 1.807) is 7.05 Å². The van der Waals surface area contributed by atoms with E-state index < -0.39 is 0 Å². The van der Waals surface area contributed by atoms with Gasteiger partial charge in [-0.25, -0.2) is 0 Å². The molecule has 1 aromatic rings. The number of likely N-dealkylation sites (N-methyl/N-ethyl adjacent to an activating group) is 1. The minimum absolute atomic E-state index is 0.0857. The maximum atomic E-state index is 12.7. The number of hydrogen-bond donors (Lipinski definition) is 3. The van der Waals surface area contributed by atoms with Crippen molar-refractivity contribution in [1.82, 2.24) is 20.9 Å². The van der Waals surface area contributed by atoms with Gasteiger partial charge in [0.2, 0.25) is 18.2 Å². The molecule has 0 radical (unpaired) electrons. The number of hydrogen-bond acceptors (Lipinski definition) is 5. The van der Waals surface area contributed by atoms with Crippen molar-refractivity contribution in [2.45, 2.75) is 70.0 Å². The number of fused-ring (bicyclic) bond motifs is 2. The smallest absolute Gasteiger partial charge is 0.246 e. The zero-order valence-corrected chi connectivity index (χ0v) is 21.5. The predicted molar refractivity (Wildman–Crippen MR) is 138 cm³/mol. The zero-order valence-electron chi connectivity index (χ0n) is 20.7. The number of carbonyl (C=O) groups excluding carboxylic acids is 3. The van der Waals surface area contributed by atoms with Gasteiger partial charge in [-0.05, 0) is 61.9 Å². The number of rotatable bonds is 5. The van der Waals surface area contributed by atoms with Crippen LogP contribution in [-0.4, -0.2) is 59.9 Å². The maximum Gasteiger partial charge on any atom is 0.246 e. The Morgan fingerprint density at radius 1 is 1.24 bits per heavy atom. The Bertz CT molecular complexity index is 873. The van der Waals surface area contributed by atoms with Gasteiger partial charge in [-0.2, -0.15) is 0 Å². The molecule has 3 amide bonds. The van der Waals surface area contributed by atoms with Crippen LogP contribution in [0.15, 0.2) is 24.3 Å². The molecule has 3 N–H and O–H groups in total. The second-order valence-corrected chi connectivity index (χ2v) is 10.7. The Morgan fingerprint density at radius 2 is 1.94 bits per heavy atom.